The lowest BCUT2D eigenvalue weighted by molar-refractivity contribution is -0.141. The highest BCUT2D eigenvalue weighted by atomic mass is 16.2. The number of benzene rings is 1. The van der Waals surface area contributed by atoms with E-state index in [2.05, 4.69) is 25.9 Å². The van der Waals surface area contributed by atoms with E-state index in [1.165, 1.54) is 23.5 Å². The molecule has 1 heterocycles. The fraction of sp³-hybridized carbons (Fsp3) is 0.591. The number of amides is 4. The Morgan fingerprint density at radius 1 is 0.810 bits per heavy atom. The van der Waals surface area contributed by atoms with Crippen molar-refractivity contribution in [2.24, 2.45) is 23.7 Å². The predicted octanol–water partition coefficient (Wildman–Crippen LogP) is 4.67. The molecule has 58 heavy (non-hydrogen) atoms. The number of hydrogen-bond acceptors (Lipinski definition) is 10. The molecule has 2 saturated carbocycles. The number of Topliss-reactive ketones (excluding diaryl/α,β-unsaturated/α-hetero) is 4. The summed E-state index contributed by atoms with van der Waals surface area (Å²) in [7, 11) is 3.16. The molecule has 3 N–H and O–H groups in total. The van der Waals surface area contributed by atoms with Crippen molar-refractivity contribution in [3.8, 4) is 0 Å². The normalized spacial score (nSPS) is 18.8. The molecule has 14 nitrogen and oxygen atoms in total. The molecule has 14 heteroatoms. The standard InChI is InChI=1S/C44H60N6O8/c1-5-14-31(41(55)35(51)21-22-38(54)48-40(44(58)50(3)4)30-17-11-8-12-18-30)26-36(52)32-19-13-20-33(32)47-42(56)28(6-2)25-37(53)39(29-15-9-7-10-16-29)49-43(57)34-27-45-23-24-46-34/h8,11-12,17-18,23-24,27-29,31-33,39-40H,5-7,9-10,13-16,19-22,25-26H2,1-4H3,(H,47,56)(H,48,54)(H,49,57)/t28-,31-,32-,33+,39+,40+/m1/s1. The Morgan fingerprint density at radius 2 is 1.53 bits per heavy atom. The first-order valence-corrected chi connectivity index (χ1v) is 20.9. The fourth-order valence-corrected chi connectivity index (χ4v) is 8.24. The van der Waals surface area contributed by atoms with E-state index in [0.29, 0.717) is 44.1 Å². The van der Waals surface area contributed by atoms with Crippen molar-refractivity contribution in [2.75, 3.05) is 14.1 Å². The molecule has 2 aromatic rings. The van der Waals surface area contributed by atoms with Gasteiger partial charge in [-0.2, -0.15) is 0 Å². The number of aromatic nitrogens is 2. The van der Waals surface area contributed by atoms with Gasteiger partial charge < -0.3 is 20.9 Å². The monoisotopic (exact) mass is 800 g/mol. The van der Waals surface area contributed by atoms with Gasteiger partial charge >= 0.3 is 0 Å². The van der Waals surface area contributed by atoms with Gasteiger partial charge in [-0.3, -0.25) is 43.3 Å². The second-order valence-electron chi connectivity index (χ2n) is 16.0. The molecule has 4 amide bonds. The molecule has 0 saturated heterocycles. The largest absolute Gasteiger partial charge is 0.352 e. The number of nitrogens with zero attached hydrogens (tertiary/aromatic N) is 3. The number of carbonyl (C=O) groups is 8. The average Bonchev–Trinajstić information content (AvgIpc) is 3.71. The van der Waals surface area contributed by atoms with Crippen LogP contribution in [0.1, 0.15) is 132 Å². The molecule has 0 radical (unpaired) electrons. The third kappa shape index (κ3) is 12.9. The van der Waals surface area contributed by atoms with Crippen molar-refractivity contribution in [1.82, 2.24) is 30.8 Å². The van der Waals surface area contributed by atoms with E-state index in [1.807, 2.05) is 13.8 Å². The highest BCUT2D eigenvalue weighted by Gasteiger charge is 2.39. The van der Waals surface area contributed by atoms with Crippen LogP contribution in [0.3, 0.4) is 0 Å². The molecule has 314 valence electrons. The number of ketones is 4. The third-order valence-corrected chi connectivity index (χ3v) is 11.6. The average molecular weight is 801 g/mol. The summed E-state index contributed by atoms with van der Waals surface area (Å²) in [5.74, 6) is -5.70. The lowest BCUT2D eigenvalue weighted by Crippen LogP contribution is -2.49. The van der Waals surface area contributed by atoms with Crippen molar-refractivity contribution in [3.63, 3.8) is 0 Å². The molecule has 0 spiro atoms. The topological polar surface area (TPSA) is 202 Å². The number of likely N-dealkylation sites (N-methyl/N-ethyl adjacent to an activating group) is 1. The molecule has 0 unspecified atom stereocenters. The summed E-state index contributed by atoms with van der Waals surface area (Å²) >= 11 is 0. The molecule has 0 aliphatic heterocycles. The predicted molar refractivity (Wildman–Crippen MR) is 216 cm³/mol. The first-order chi connectivity index (χ1) is 27.8. The quantitative estimate of drug-likeness (QED) is 0.141. The molecule has 6 atom stereocenters. The molecule has 1 aromatic carbocycles. The fourth-order valence-electron chi connectivity index (χ4n) is 8.24. The summed E-state index contributed by atoms with van der Waals surface area (Å²) in [4.78, 5) is 116. The van der Waals surface area contributed by atoms with Crippen molar-refractivity contribution in [3.05, 3.63) is 60.2 Å². The first kappa shape index (κ1) is 45.6. The van der Waals surface area contributed by atoms with Crippen LogP contribution in [0, 0.1) is 23.7 Å². The highest BCUT2D eigenvalue weighted by molar-refractivity contribution is 6.38. The summed E-state index contributed by atoms with van der Waals surface area (Å²) < 4.78 is 0. The molecule has 1 aromatic heterocycles. The Balaban J connectivity index is 1.34. The van der Waals surface area contributed by atoms with Crippen molar-refractivity contribution in [2.45, 2.75) is 128 Å². The van der Waals surface area contributed by atoms with Crippen molar-refractivity contribution in [1.29, 1.82) is 0 Å². The van der Waals surface area contributed by atoms with E-state index in [9.17, 15) is 38.4 Å². The minimum absolute atomic E-state index is 0.0483. The Morgan fingerprint density at radius 3 is 2.17 bits per heavy atom. The van der Waals surface area contributed by atoms with Crippen LogP contribution in [-0.2, 0) is 33.6 Å². The summed E-state index contributed by atoms with van der Waals surface area (Å²) in [5.41, 5.74) is 0.696. The maximum atomic E-state index is 13.9. The summed E-state index contributed by atoms with van der Waals surface area (Å²) in [5, 5.41) is 8.62. The maximum Gasteiger partial charge on any atom is 0.272 e. The van der Waals surface area contributed by atoms with E-state index < -0.39 is 59.3 Å². The number of hydrogen-bond donors (Lipinski definition) is 3. The molecule has 2 fully saturated rings. The van der Waals surface area contributed by atoms with Gasteiger partial charge in [0.05, 0.1) is 12.2 Å². The molecular weight excluding hydrogens is 741 g/mol. The minimum atomic E-state index is -0.949. The van der Waals surface area contributed by atoms with Gasteiger partial charge in [0.1, 0.15) is 17.5 Å². The van der Waals surface area contributed by atoms with Gasteiger partial charge in [-0.25, -0.2) is 4.98 Å². The van der Waals surface area contributed by atoms with Gasteiger partial charge in [0.25, 0.3) is 5.91 Å². The van der Waals surface area contributed by atoms with Gasteiger partial charge in [0.15, 0.2) is 11.6 Å². The van der Waals surface area contributed by atoms with Gasteiger partial charge in [-0.15, -0.1) is 0 Å². The zero-order chi connectivity index (χ0) is 42.2. The van der Waals surface area contributed by atoms with E-state index in [0.717, 1.165) is 32.1 Å². The van der Waals surface area contributed by atoms with Crippen LogP contribution < -0.4 is 16.0 Å². The van der Waals surface area contributed by atoms with Crippen LogP contribution in [0.2, 0.25) is 0 Å². The van der Waals surface area contributed by atoms with Crippen molar-refractivity contribution < 1.29 is 38.4 Å². The van der Waals surface area contributed by atoms with Crippen LogP contribution in [0.25, 0.3) is 0 Å². The van der Waals surface area contributed by atoms with E-state index in [1.54, 1.807) is 44.4 Å². The maximum absolute atomic E-state index is 13.9. The number of rotatable bonds is 22. The van der Waals surface area contributed by atoms with Gasteiger partial charge in [0.2, 0.25) is 23.5 Å². The van der Waals surface area contributed by atoms with Crippen LogP contribution in [0.4, 0.5) is 0 Å². The molecule has 0 bridgehead atoms. The lowest BCUT2D eigenvalue weighted by Gasteiger charge is -2.31. The first-order valence-electron chi connectivity index (χ1n) is 20.9. The zero-order valence-corrected chi connectivity index (χ0v) is 34.4. The van der Waals surface area contributed by atoms with Crippen molar-refractivity contribution >= 4 is 46.8 Å². The van der Waals surface area contributed by atoms with Gasteiger partial charge in [-0.05, 0) is 50.0 Å². The number of nitrogens with one attached hydrogen (secondary N) is 3. The Hall–Kier alpha value is -5.14. The number of carbonyl (C=O) groups excluding carboxylic acids is 8. The molecule has 2 aliphatic carbocycles. The van der Waals surface area contributed by atoms with E-state index in [4.69, 9.17) is 0 Å². The van der Waals surface area contributed by atoms with Gasteiger partial charge in [-0.1, -0.05) is 76.3 Å². The Bertz CT molecular complexity index is 1750. The second-order valence-corrected chi connectivity index (χ2v) is 16.0. The Kier molecular flexibility index (Phi) is 17.8. The minimum Gasteiger partial charge on any atom is -0.352 e. The summed E-state index contributed by atoms with van der Waals surface area (Å²) in [6, 6.07) is 6.55. The highest BCUT2D eigenvalue weighted by Crippen LogP contribution is 2.32. The zero-order valence-electron chi connectivity index (χ0n) is 34.4. The van der Waals surface area contributed by atoms with Crippen LogP contribution >= 0.6 is 0 Å². The van der Waals surface area contributed by atoms with Crippen LogP contribution in [0.15, 0.2) is 48.9 Å². The smallest absolute Gasteiger partial charge is 0.272 e. The van der Waals surface area contributed by atoms with Gasteiger partial charge in [0, 0.05) is 76.0 Å². The second kappa shape index (κ2) is 22.7. The summed E-state index contributed by atoms with van der Waals surface area (Å²) in [6.45, 7) is 3.69. The SMILES string of the molecule is CCC[C@H](CC(=O)[C@@H]1CCC[C@@H]1NC(=O)[C@H](CC)CC(=O)[C@@H](NC(=O)c1cnccn1)C1CCCCC1)C(=O)C(=O)CCC(=O)N[C@H](C(=O)N(C)C)c1ccccc1. The van der Waals surface area contributed by atoms with E-state index >= 15 is 0 Å². The van der Waals surface area contributed by atoms with Crippen LogP contribution in [-0.4, -0.2) is 87.8 Å². The Labute approximate surface area is 341 Å². The van der Waals surface area contributed by atoms with Crippen LogP contribution in [0.5, 0.6) is 0 Å². The molecule has 2 aliphatic rings. The van der Waals surface area contributed by atoms with E-state index in [-0.39, 0.29) is 60.7 Å². The third-order valence-electron chi connectivity index (χ3n) is 11.6. The lowest BCUT2D eigenvalue weighted by atomic mass is 9.80. The molecular formula is C44H60N6O8. The molecule has 4 rings (SSSR count). The summed E-state index contributed by atoms with van der Waals surface area (Å²) in [6.07, 6.45) is 10.9.